The lowest BCUT2D eigenvalue weighted by atomic mass is 10.0. The summed E-state index contributed by atoms with van der Waals surface area (Å²) in [5, 5.41) is 14.1. The predicted molar refractivity (Wildman–Crippen MR) is 118 cm³/mol. The average molecular weight is 485 g/mol. The molecular formula is C20H17BrN6O2S. The molecule has 3 heterocycles. The van der Waals surface area contributed by atoms with Crippen molar-refractivity contribution in [2.75, 3.05) is 5.32 Å². The second kappa shape index (κ2) is 7.96. The van der Waals surface area contributed by atoms with Gasteiger partial charge < -0.3 is 9.73 Å². The molecule has 0 spiro atoms. The molecule has 4 rings (SSSR count). The van der Waals surface area contributed by atoms with Crippen molar-refractivity contribution in [1.29, 1.82) is 0 Å². The molecule has 0 fully saturated rings. The number of aryl methyl sites for hydroxylation is 3. The zero-order chi connectivity index (χ0) is 21.4. The number of amides is 1. The normalized spacial score (nSPS) is 10.9. The molecule has 1 aromatic carbocycles. The van der Waals surface area contributed by atoms with Crippen molar-refractivity contribution in [3.8, 4) is 17.3 Å². The Kier molecular flexibility index (Phi) is 5.35. The number of halogens is 1. The minimum absolute atomic E-state index is 0.161. The summed E-state index contributed by atoms with van der Waals surface area (Å²) in [4.78, 5) is 17.8. The lowest BCUT2D eigenvalue weighted by Crippen LogP contribution is -2.19. The van der Waals surface area contributed by atoms with E-state index in [-0.39, 0.29) is 10.7 Å². The van der Waals surface area contributed by atoms with Crippen LogP contribution in [0.15, 0.2) is 45.5 Å². The molecule has 0 saturated carbocycles. The third-order valence-corrected chi connectivity index (χ3v) is 5.04. The minimum atomic E-state index is -0.347. The number of nitrogens with one attached hydrogen (secondary N) is 2. The Morgan fingerprint density at radius 2 is 2.03 bits per heavy atom. The zero-order valence-electron chi connectivity index (χ0n) is 16.4. The third-order valence-electron chi connectivity index (χ3n) is 4.48. The van der Waals surface area contributed by atoms with Gasteiger partial charge in [0.15, 0.2) is 5.82 Å². The van der Waals surface area contributed by atoms with Crippen molar-refractivity contribution in [2.45, 2.75) is 20.8 Å². The monoisotopic (exact) mass is 484 g/mol. The van der Waals surface area contributed by atoms with Gasteiger partial charge >= 0.3 is 0 Å². The van der Waals surface area contributed by atoms with E-state index in [9.17, 15) is 4.79 Å². The topological polar surface area (TPSA) is 102 Å². The van der Waals surface area contributed by atoms with E-state index in [2.05, 4.69) is 41.5 Å². The van der Waals surface area contributed by atoms with Crippen LogP contribution in [-0.4, -0.2) is 30.9 Å². The molecule has 30 heavy (non-hydrogen) atoms. The molecule has 1 amide bonds. The van der Waals surface area contributed by atoms with E-state index in [1.165, 1.54) is 4.68 Å². The van der Waals surface area contributed by atoms with Gasteiger partial charge in [0.05, 0.1) is 11.3 Å². The van der Waals surface area contributed by atoms with Crippen molar-refractivity contribution in [1.82, 2.24) is 25.0 Å². The second-order valence-corrected chi connectivity index (χ2v) is 7.97. The molecule has 0 unspecified atom stereocenters. The first-order chi connectivity index (χ1) is 14.3. The van der Waals surface area contributed by atoms with E-state index >= 15 is 0 Å². The van der Waals surface area contributed by atoms with Crippen LogP contribution in [0.5, 0.6) is 0 Å². The molecule has 3 aromatic heterocycles. The number of aromatic amines is 1. The molecule has 10 heteroatoms. The fourth-order valence-electron chi connectivity index (χ4n) is 3.20. The highest BCUT2D eigenvalue weighted by atomic mass is 79.9. The Hall–Kier alpha value is -3.11. The van der Waals surface area contributed by atoms with Gasteiger partial charge in [-0.2, -0.15) is 5.10 Å². The Morgan fingerprint density at radius 3 is 2.73 bits per heavy atom. The lowest BCUT2D eigenvalue weighted by molar-refractivity contribution is 0.101. The average Bonchev–Trinajstić information content (AvgIpc) is 3.29. The van der Waals surface area contributed by atoms with Crippen molar-refractivity contribution >= 4 is 39.7 Å². The number of benzene rings is 1. The summed E-state index contributed by atoms with van der Waals surface area (Å²) >= 11 is 8.35. The largest absolute Gasteiger partial charge is 0.409 e. The minimum Gasteiger partial charge on any atom is -0.409 e. The summed E-state index contributed by atoms with van der Waals surface area (Å²) in [7, 11) is 0. The number of pyridine rings is 1. The molecule has 2 N–H and O–H groups in total. The summed E-state index contributed by atoms with van der Waals surface area (Å²) in [6, 6.07) is 9.24. The highest BCUT2D eigenvalue weighted by Gasteiger charge is 2.21. The standard InChI is InChI=1S/C20H17BrN6O2S/c1-10-7-12(3)16(13(8-10)19-24-25-20(30)29-19)23-18(28)14-9-15(21)26-27(14)17-11(2)5-4-6-22-17/h4-9H,1-3H3,(H,23,28)(H,25,30). The van der Waals surface area contributed by atoms with Gasteiger partial charge in [0.25, 0.3) is 10.7 Å². The van der Waals surface area contributed by atoms with Gasteiger partial charge in [-0.15, -0.1) is 5.10 Å². The van der Waals surface area contributed by atoms with Crippen LogP contribution in [0, 0.1) is 25.6 Å². The first-order valence-electron chi connectivity index (χ1n) is 8.99. The third kappa shape index (κ3) is 3.83. The number of aromatic nitrogens is 5. The van der Waals surface area contributed by atoms with Crippen molar-refractivity contribution in [3.05, 3.63) is 68.4 Å². The van der Waals surface area contributed by atoms with Gasteiger partial charge in [0.1, 0.15) is 10.3 Å². The number of hydrogen-bond donors (Lipinski definition) is 2. The van der Waals surface area contributed by atoms with Crippen LogP contribution < -0.4 is 5.32 Å². The van der Waals surface area contributed by atoms with E-state index in [1.54, 1.807) is 12.3 Å². The van der Waals surface area contributed by atoms with Crippen molar-refractivity contribution < 1.29 is 9.21 Å². The number of hydrogen-bond acceptors (Lipinski definition) is 6. The molecule has 8 nitrogen and oxygen atoms in total. The predicted octanol–water partition coefficient (Wildman–Crippen LogP) is 4.92. The molecule has 0 radical (unpaired) electrons. The fraction of sp³-hybridized carbons (Fsp3) is 0.150. The number of rotatable bonds is 4. The van der Waals surface area contributed by atoms with Gasteiger partial charge in [-0.1, -0.05) is 12.1 Å². The molecule has 4 aromatic rings. The highest BCUT2D eigenvalue weighted by Crippen LogP contribution is 2.32. The van der Waals surface area contributed by atoms with Gasteiger partial charge in [-0.3, -0.25) is 4.79 Å². The highest BCUT2D eigenvalue weighted by molar-refractivity contribution is 9.10. The molecule has 0 bridgehead atoms. The number of nitrogens with zero attached hydrogens (tertiary/aromatic N) is 4. The first-order valence-corrected chi connectivity index (χ1v) is 10.2. The Morgan fingerprint density at radius 1 is 1.23 bits per heavy atom. The number of H-pyrrole nitrogens is 1. The van der Waals surface area contributed by atoms with Crippen LogP contribution >= 0.6 is 28.1 Å². The Bertz CT molecular complexity index is 1320. The molecule has 0 aliphatic rings. The molecule has 0 aliphatic heterocycles. The smallest absolute Gasteiger partial charge is 0.284 e. The van der Waals surface area contributed by atoms with Gasteiger partial charge in [0, 0.05) is 12.3 Å². The van der Waals surface area contributed by atoms with E-state index in [4.69, 9.17) is 16.6 Å². The van der Waals surface area contributed by atoms with Crippen molar-refractivity contribution in [3.63, 3.8) is 0 Å². The molecule has 0 atom stereocenters. The zero-order valence-corrected chi connectivity index (χ0v) is 18.8. The second-order valence-electron chi connectivity index (χ2n) is 6.78. The molecule has 0 aliphatic carbocycles. The maximum Gasteiger partial charge on any atom is 0.284 e. The van der Waals surface area contributed by atoms with Crippen LogP contribution in [0.1, 0.15) is 27.2 Å². The van der Waals surface area contributed by atoms with Crippen molar-refractivity contribution in [2.24, 2.45) is 0 Å². The van der Waals surface area contributed by atoms with Gasteiger partial charge in [0.2, 0.25) is 5.89 Å². The van der Waals surface area contributed by atoms with Crippen LogP contribution in [-0.2, 0) is 0 Å². The van der Waals surface area contributed by atoms with E-state index in [0.29, 0.717) is 33.3 Å². The van der Waals surface area contributed by atoms with Gasteiger partial charge in [-0.05, 0) is 77.7 Å². The summed E-state index contributed by atoms with van der Waals surface area (Å²) in [6.45, 7) is 5.77. The maximum atomic E-state index is 13.3. The summed E-state index contributed by atoms with van der Waals surface area (Å²) < 4.78 is 7.52. The fourth-order valence-corrected chi connectivity index (χ4v) is 3.70. The molecule has 152 valence electrons. The van der Waals surface area contributed by atoms with Gasteiger partial charge in [-0.25, -0.2) is 14.8 Å². The quantitative estimate of drug-likeness (QED) is 0.398. The maximum absolute atomic E-state index is 13.3. The van der Waals surface area contributed by atoms with E-state index in [1.807, 2.05) is 45.0 Å². The summed E-state index contributed by atoms with van der Waals surface area (Å²) in [5.74, 6) is 0.533. The van der Waals surface area contributed by atoms with E-state index in [0.717, 1.165) is 16.7 Å². The Labute approximate surface area is 185 Å². The Balaban J connectivity index is 1.78. The van der Waals surface area contributed by atoms with E-state index < -0.39 is 0 Å². The number of carbonyl (C=O) groups is 1. The number of carbonyl (C=O) groups excluding carboxylic acids is 1. The van der Waals surface area contributed by atoms with Crippen LogP contribution in [0.25, 0.3) is 17.3 Å². The number of anilines is 1. The summed E-state index contributed by atoms with van der Waals surface area (Å²) in [5.41, 5.74) is 4.30. The van der Waals surface area contributed by atoms with Crippen LogP contribution in [0.2, 0.25) is 0 Å². The summed E-state index contributed by atoms with van der Waals surface area (Å²) in [6.07, 6.45) is 1.66. The SMILES string of the molecule is Cc1cc(C)c(NC(=O)c2cc(Br)nn2-c2ncccc2C)c(-c2n[nH]c(=S)o2)c1. The van der Waals surface area contributed by atoms with Crippen LogP contribution in [0.4, 0.5) is 5.69 Å². The van der Waals surface area contributed by atoms with Crippen LogP contribution in [0.3, 0.4) is 0 Å². The molecule has 0 saturated heterocycles. The first kappa shape index (κ1) is 20.2. The molecular weight excluding hydrogens is 468 g/mol. The lowest BCUT2D eigenvalue weighted by Gasteiger charge is -2.14.